The van der Waals surface area contributed by atoms with Gasteiger partial charge in [0, 0.05) is 16.9 Å². The molecule has 1 aromatic carbocycles. The van der Waals surface area contributed by atoms with E-state index in [0.717, 1.165) is 5.56 Å². The van der Waals surface area contributed by atoms with E-state index in [1.807, 2.05) is 6.92 Å². The zero-order chi connectivity index (χ0) is 18.4. The lowest BCUT2D eigenvalue weighted by molar-refractivity contribution is -0.113. The third-order valence-electron chi connectivity index (χ3n) is 3.22. The van der Waals surface area contributed by atoms with Crippen molar-refractivity contribution in [2.75, 3.05) is 11.1 Å². The minimum atomic E-state index is -0.448. The Morgan fingerprint density at radius 1 is 1.28 bits per heavy atom. The maximum absolute atomic E-state index is 12.2. The highest BCUT2D eigenvalue weighted by molar-refractivity contribution is 8.00. The molecule has 132 valence electrons. The number of halogens is 1. The number of rotatable bonds is 6. The number of benzene rings is 1. The van der Waals surface area contributed by atoms with Crippen LogP contribution in [-0.2, 0) is 9.53 Å². The van der Waals surface area contributed by atoms with Crippen LogP contribution in [0.4, 0.5) is 5.69 Å². The van der Waals surface area contributed by atoms with Crippen molar-refractivity contribution in [2.24, 2.45) is 0 Å². The van der Waals surface area contributed by atoms with Crippen molar-refractivity contribution in [3.05, 3.63) is 52.7 Å². The molecule has 0 aliphatic rings. The fourth-order valence-corrected chi connectivity index (χ4v) is 2.96. The normalized spacial score (nSPS) is 10.6. The Morgan fingerprint density at radius 3 is 2.76 bits per heavy atom. The van der Waals surface area contributed by atoms with E-state index in [9.17, 15) is 9.59 Å². The number of anilines is 1. The minimum absolute atomic E-state index is 0.116. The molecule has 0 fully saturated rings. The summed E-state index contributed by atoms with van der Waals surface area (Å²) in [4.78, 5) is 28.5. The number of carbonyl (C=O) groups excluding carboxylic acids is 2. The number of nitrogens with zero attached hydrogens (tertiary/aromatic N) is 1. The van der Waals surface area contributed by atoms with Crippen molar-refractivity contribution in [1.82, 2.24) is 4.98 Å². The van der Waals surface area contributed by atoms with Gasteiger partial charge in [-0.1, -0.05) is 29.4 Å². The van der Waals surface area contributed by atoms with Gasteiger partial charge in [0.05, 0.1) is 17.4 Å². The quantitative estimate of drug-likeness (QED) is 0.598. The summed E-state index contributed by atoms with van der Waals surface area (Å²) in [7, 11) is 0. The number of thioether (sulfide) groups is 1. The maximum Gasteiger partial charge on any atom is 0.341 e. The number of carbonyl (C=O) groups is 2. The van der Waals surface area contributed by atoms with Gasteiger partial charge >= 0.3 is 5.97 Å². The summed E-state index contributed by atoms with van der Waals surface area (Å²) in [6, 6.07) is 8.63. The number of nitrogens with one attached hydrogen (secondary N) is 1. The van der Waals surface area contributed by atoms with Crippen LogP contribution >= 0.6 is 23.4 Å². The van der Waals surface area contributed by atoms with Crippen LogP contribution in [0.1, 0.15) is 29.8 Å². The first-order valence-electron chi connectivity index (χ1n) is 7.72. The fraction of sp³-hybridized carbons (Fsp3) is 0.278. The molecule has 0 unspecified atom stereocenters. The number of hydrogen-bond acceptors (Lipinski definition) is 5. The van der Waals surface area contributed by atoms with Gasteiger partial charge in [-0.05, 0) is 50.6 Å². The molecule has 5 nitrogen and oxygen atoms in total. The Morgan fingerprint density at radius 2 is 2.04 bits per heavy atom. The second-order valence-corrected chi connectivity index (χ2v) is 6.93. The smallest absolute Gasteiger partial charge is 0.341 e. The van der Waals surface area contributed by atoms with Gasteiger partial charge in [-0.15, -0.1) is 0 Å². The lowest BCUT2D eigenvalue weighted by Crippen LogP contribution is -2.16. The molecule has 1 amide bonds. The topological polar surface area (TPSA) is 68.3 Å². The van der Waals surface area contributed by atoms with Gasteiger partial charge in [0.2, 0.25) is 5.91 Å². The lowest BCUT2D eigenvalue weighted by Gasteiger charge is -2.11. The molecule has 0 atom stereocenters. The van der Waals surface area contributed by atoms with Crippen LogP contribution in [0.15, 0.2) is 41.6 Å². The minimum Gasteiger partial charge on any atom is -0.459 e. The summed E-state index contributed by atoms with van der Waals surface area (Å²) in [6.07, 6.45) is 1.35. The first-order valence-corrected chi connectivity index (χ1v) is 9.08. The zero-order valence-electron chi connectivity index (χ0n) is 14.2. The van der Waals surface area contributed by atoms with Gasteiger partial charge in [0.15, 0.2) is 0 Å². The van der Waals surface area contributed by atoms with Crippen molar-refractivity contribution in [1.29, 1.82) is 0 Å². The van der Waals surface area contributed by atoms with E-state index in [0.29, 0.717) is 21.3 Å². The van der Waals surface area contributed by atoms with Crippen LogP contribution in [-0.4, -0.2) is 28.7 Å². The monoisotopic (exact) mass is 378 g/mol. The van der Waals surface area contributed by atoms with E-state index in [4.69, 9.17) is 16.3 Å². The summed E-state index contributed by atoms with van der Waals surface area (Å²) in [6.45, 7) is 5.40. The number of aromatic nitrogens is 1. The average molecular weight is 379 g/mol. The van der Waals surface area contributed by atoms with E-state index in [1.165, 1.54) is 11.8 Å². The highest BCUT2D eigenvalue weighted by Gasteiger charge is 2.16. The molecule has 0 aliphatic heterocycles. The third kappa shape index (κ3) is 5.47. The predicted molar refractivity (Wildman–Crippen MR) is 100 cm³/mol. The Bertz CT molecular complexity index is 781. The van der Waals surface area contributed by atoms with Crippen LogP contribution in [0.25, 0.3) is 0 Å². The van der Waals surface area contributed by atoms with Gasteiger partial charge in [0.1, 0.15) is 5.03 Å². The van der Waals surface area contributed by atoms with Crippen LogP contribution in [0.3, 0.4) is 0 Å². The Labute approximate surface area is 156 Å². The molecular weight excluding hydrogens is 360 g/mol. The van der Waals surface area contributed by atoms with E-state index < -0.39 is 5.97 Å². The first kappa shape index (κ1) is 19.3. The van der Waals surface area contributed by atoms with E-state index in [2.05, 4.69) is 10.3 Å². The SMILES string of the molecule is Cc1c(Cl)cccc1NC(=O)CSc1ncccc1C(=O)OC(C)C. The van der Waals surface area contributed by atoms with Crippen molar-refractivity contribution in [3.63, 3.8) is 0 Å². The van der Waals surface area contributed by atoms with Gasteiger partial charge in [-0.25, -0.2) is 9.78 Å². The molecule has 7 heteroatoms. The molecule has 2 aromatic rings. The molecule has 1 N–H and O–H groups in total. The third-order valence-corrected chi connectivity index (χ3v) is 4.63. The van der Waals surface area contributed by atoms with Crippen LogP contribution in [0.5, 0.6) is 0 Å². The maximum atomic E-state index is 12.2. The number of hydrogen-bond donors (Lipinski definition) is 1. The fourth-order valence-electron chi connectivity index (χ4n) is 2.00. The second-order valence-electron chi connectivity index (χ2n) is 5.56. The highest BCUT2D eigenvalue weighted by Crippen LogP contribution is 2.24. The summed E-state index contributed by atoms with van der Waals surface area (Å²) >= 11 is 7.23. The summed E-state index contributed by atoms with van der Waals surface area (Å²) in [5.41, 5.74) is 1.83. The lowest BCUT2D eigenvalue weighted by atomic mass is 10.2. The van der Waals surface area contributed by atoms with Crippen molar-refractivity contribution in [3.8, 4) is 0 Å². The predicted octanol–water partition coefficient (Wildman–Crippen LogP) is 4.34. The van der Waals surface area contributed by atoms with Crippen LogP contribution in [0.2, 0.25) is 5.02 Å². The van der Waals surface area contributed by atoms with Gasteiger partial charge in [0.25, 0.3) is 0 Å². The highest BCUT2D eigenvalue weighted by atomic mass is 35.5. The van der Waals surface area contributed by atoms with E-state index in [-0.39, 0.29) is 17.8 Å². The Balaban J connectivity index is 2.02. The number of amides is 1. The summed E-state index contributed by atoms with van der Waals surface area (Å²) in [5, 5.41) is 3.87. The molecule has 0 saturated carbocycles. The second kappa shape index (κ2) is 8.87. The number of pyridine rings is 1. The molecule has 0 radical (unpaired) electrons. The zero-order valence-corrected chi connectivity index (χ0v) is 15.8. The summed E-state index contributed by atoms with van der Waals surface area (Å²) < 4.78 is 5.20. The van der Waals surface area contributed by atoms with E-state index >= 15 is 0 Å². The molecule has 1 aromatic heterocycles. The molecule has 1 heterocycles. The largest absolute Gasteiger partial charge is 0.459 e. The van der Waals surface area contributed by atoms with E-state index in [1.54, 1.807) is 50.4 Å². The number of ether oxygens (including phenoxy) is 1. The van der Waals surface area contributed by atoms with Gasteiger partial charge in [-0.3, -0.25) is 4.79 Å². The van der Waals surface area contributed by atoms with Gasteiger partial charge in [-0.2, -0.15) is 0 Å². The molecular formula is C18H19ClN2O3S. The van der Waals surface area contributed by atoms with Crippen LogP contribution in [0, 0.1) is 6.92 Å². The number of esters is 1. The van der Waals surface area contributed by atoms with Crippen molar-refractivity contribution in [2.45, 2.75) is 31.9 Å². The molecule has 0 bridgehead atoms. The van der Waals surface area contributed by atoms with Gasteiger partial charge < -0.3 is 10.1 Å². The van der Waals surface area contributed by atoms with Crippen molar-refractivity contribution >= 4 is 40.9 Å². The molecule has 0 spiro atoms. The molecule has 25 heavy (non-hydrogen) atoms. The first-order chi connectivity index (χ1) is 11.9. The Kier molecular flexibility index (Phi) is 6.84. The Hall–Kier alpha value is -2.05. The molecule has 0 saturated heterocycles. The molecule has 0 aliphatic carbocycles. The van der Waals surface area contributed by atoms with Crippen LogP contribution < -0.4 is 5.32 Å². The van der Waals surface area contributed by atoms with Crippen molar-refractivity contribution < 1.29 is 14.3 Å². The molecule has 2 rings (SSSR count). The average Bonchev–Trinajstić information content (AvgIpc) is 2.57. The standard InChI is InChI=1S/C18H19ClN2O3S/c1-11(2)24-18(23)13-6-5-9-20-17(13)25-10-16(22)21-15-8-4-7-14(19)12(15)3/h4-9,11H,10H2,1-3H3,(H,21,22). The summed E-state index contributed by atoms with van der Waals surface area (Å²) in [5.74, 6) is -0.536.